The van der Waals surface area contributed by atoms with E-state index in [0.717, 1.165) is 24.8 Å². The van der Waals surface area contributed by atoms with Gasteiger partial charge < -0.3 is 15.4 Å². The molecule has 1 aliphatic heterocycles. The van der Waals surface area contributed by atoms with Crippen LogP contribution in [0.25, 0.3) is 0 Å². The first-order valence-electron chi connectivity index (χ1n) is 6.91. The summed E-state index contributed by atoms with van der Waals surface area (Å²) in [4.78, 5) is 2.52. The molecule has 2 atom stereocenters. The number of likely N-dealkylation sites (tertiary alicyclic amines) is 1. The Hall–Kier alpha value is -1.06. The molecule has 0 saturated carbocycles. The van der Waals surface area contributed by atoms with Crippen LogP contribution in [0.2, 0.25) is 0 Å². The molecule has 0 amide bonds. The zero-order valence-electron chi connectivity index (χ0n) is 11.1. The fourth-order valence-electron chi connectivity index (χ4n) is 3.58. The van der Waals surface area contributed by atoms with E-state index in [-0.39, 0.29) is 0 Å². The van der Waals surface area contributed by atoms with E-state index in [4.69, 9.17) is 10.5 Å². The third-order valence-corrected chi connectivity index (χ3v) is 4.50. The SMILES string of the molecule is COc1ccc2c(c1)[C@@H]1CN(CCN)C[C@@H]1CC2. The average Bonchev–Trinajstić information content (AvgIpc) is 2.81. The fraction of sp³-hybridized carbons (Fsp3) is 0.600. The number of nitrogens with two attached hydrogens (primary N) is 1. The van der Waals surface area contributed by atoms with Gasteiger partial charge in [0, 0.05) is 32.1 Å². The van der Waals surface area contributed by atoms with E-state index in [1.54, 1.807) is 7.11 Å². The normalized spacial score (nSPS) is 26.8. The molecule has 18 heavy (non-hydrogen) atoms. The molecule has 0 bridgehead atoms. The van der Waals surface area contributed by atoms with E-state index < -0.39 is 0 Å². The molecular weight excluding hydrogens is 224 g/mol. The highest BCUT2D eigenvalue weighted by molar-refractivity contribution is 5.41. The number of nitrogens with zero attached hydrogens (tertiary/aromatic N) is 1. The third-order valence-electron chi connectivity index (χ3n) is 4.50. The number of fused-ring (bicyclic) bond motifs is 3. The summed E-state index contributed by atoms with van der Waals surface area (Å²) < 4.78 is 5.37. The summed E-state index contributed by atoms with van der Waals surface area (Å²) >= 11 is 0. The monoisotopic (exact) mass is 246 g/mol. The molecule has 1 aromatic rings. The predicted octanol–water partition coefficient (Wildman–Crippen LogP) is 1.62. The van der Waals surface area contributed by atoms with Gasteiger partial charge in [0.05, 0.1) is 7.11 Å². The Bertz CT molecular complexity index is 433. The van der Waals surface area contributed by atoms with Gasteiger partial charge >= 0.3 is 0 Å². The van der Waals surface area contributed by atoms with E-state index in [1.165, 1.54) is 37.1 Å². The van der Waals surface area contributed by atoms with Gasteiger partial charge in [-0.25, -0.2) is 0 Å². The Balaban J connectivity index is 1.87. The van der Waals surface area contributed by atoms with Crippen LogP contribution in [-0.4, -0.2) is 38.2 Å². The van der Waals surface area contributed by atoms with Crippen LogP contribution in [0, 0.1) is 5.92 Å². The Kier molecular flexibility index (Phi) is 3.27. The maximum Gasteiger partial charge on any atom is 0.119 e. The van der Waals surface area contributed by atoms with Gasteiger partial charge in [0.2, 0.25) is 0 Å². The van der Waals surface area contributed by atoms with Crippen molar-refractivity contribution in [2.45, 2.75) is 18.8 Å². The minimum atomic E-state index is 0.690. The summed E-state index contributed by atoms with van der Waals surface area (Å²) in [5.41, 5.74) is 8.72. The standard InChI is InChI=1S/C15H22N2O/c1-18-13-5-4-11-2-3-12-9-17(7-6-16)10-15(12)14(11)8-13/h4-5,8,12,15H,2-3,6-7,9-10,16H2,1H3/t12-,15+/m0/s1. The Morgan fingerprint density at radius 1 is 1.39 bits per heavy atom. The van der Waals surface area contributed by atoms with Gasteiger partial charge in [0.1, 0.15) is 5.75 Å². The Morgan fingerprint density at radius 2 is 2.28 bits per heavy atom. The molecule has 0 radical (unpaired) electrons. The van der Waals surface area contributed by atoms with Crippen molar-refractivity contribution in [2.24, 2.45) is 11.7 Å². The highest BCUT2D eigenvalue weighted by Crippen LogP contribution is 2.42. The maximum atomic E-state index is 5.68. The summed E-state index contributed by atoms with van der Waals surface area (Å²) in [6, 6.07) is 6.58. The van der Waals surface area contributed by atoms with Crippen molar-refractivity contribution in [1.82, 2.24) is 4.90 Å². The minimum absolute atomic E-state index is 0.690. The lowest BCUT2D eigenvalue weighted by molar-refractivity contribution is 0.330. The number of ether oxygens (including phenoxy) is 1. The molecule has 0 unspecified atom stereocenters. The zero-order valence-corrected chi connectivity index (χ0v) is 11.1. The van der Waals surface area contributed by atoms with Crippen LogP contribution in [0.4, 0.5) is 0 Å². The lowest BCUT2D eigenvalue weighted by Crippen LogP contribution is -2.27. The van der Waals surface area contributed by atoms with E-state index in [2.05, 4.69) is 23.1 Å². The first kappa shape index (κ1) is 12.0. The van der Waals surface area contributed by atoms with Crippen LogP contribution >= 0.6 is 0 Å². The van der Waals surface area contributed by atoms with Crippen LogP contribution in [0.1, 0.15) is 23.5 Å². The molecule has 0 spiro atoms. The Morgan fingerprint density at radius 3 is 3.06 bits per heavy atom. The van der Waals surface area contributed by atoms with Gasteiger partial charge in [0.25, 0.3) is 0 Å². The van der Waals surface area contributed by atoms with Crippen LogP contribution in [0.15, 0.2) is 18.2 Å². The summed E-state index contributed by atoms with van der Waals surface area (Å²) in [6.07, 6.45) is 2.54. The number of rotatable bonds is 3. The molecule has 3 nitrogen and oxygen atoms in total. The summed E-state index contributed by atoms with van der Waals surface area (Å²) in [5, 5.41) is 0. The van der Waals surface area contributed by atoms with Crippen molar-refractivity contribution in [2.75, 3.05) is 33.3 Å². The van der Waals surface area contributed by atoms with Gasteiger partial charge in [-0.3, -0.25) is 0 Å². The average molecular weight is 246 g/mol. The second-order valence-electron chi connectivity index (χ2n) is 5.52. The van der Waals surface area contributed by atoms with Crippen molar-refractivity contribution in [3.8, 4) is 5.75 Å². The molecule has 1 heterocycles. The maximum absolute atomic E-state index is 5.68. The van der Waals surface area contributed by atoms with Crippen LogP contribution in [-0.2, 0) is 6.42 Å². The van der Waals surface area contributed by atoms with Gasteiger partial charge in [-0.1, -0.05) is 6.07 Å². The number of methoxy groups -OCH3 is 1. The number of benzene rings is 1. The summed E-state index contributed by atoms with van der Waals surface area (Å²) in [7, 11) is 1.75. The first-order valence-corrected chi connectivity index (χ1v) is 6.91. The molecular formula is C15H22N2O. The highest BCUT2D eigenvalue weighted by atomic mass is 16.5. The topological polar surface area (TPSA) is 38.5 Å². The van der Waals surface area contributed by atoms with Crippen molar-refractivity contribution in [3.63, 3.8) is 0 Å². The number of hydrogen-bond acceptors (Lipinski definition) is 3. The second-order valence-corrected chi connectivity index (χ2v) is 5.52. The second kappa shape index (κ2) is 4.90. The fourth-order valence-corrected chi connectivity index (χ4v) is 3.58. The van der Waals surface area contributed by atoms with E-state index in [9.17, 15) is 0 Å². The Labute approximate surface area is 109 Å². The van der Waals surface area contributed by atoms with E-state index >= 15 is 0 Å². The molecule has 2 aliphatic rings. The predicted molar refractivity (Wildman–Crippen MR) is 73.0 cm³/mol. The molecule has 2 N–H and O–H groups in total. The van der Waals surface area contributed by atoms with Crippen LogP contribution in [0.3, 0.4) is 0 Å². The molecule has 1 saturated heterocycles. The quantitative estimate of drug-likeness (QED) is 0.880. The van der Waals surface area contributed by atoms with Gasteiger partial charge in [-0.2, -0.15) is 0 Å². The van der Waals surface area contributed by atoms with E-state index in [1.807, 2.05) is 0 Å². The van der Waals surface area contributed by atoms with Crippen molar-refractivity contribution in [3.05, 3.63) is 29.3 Å². The molecule has 98 valence electrons. The smallest absolute Gasteiger partial charge is 0.119 e. The molecule has 1 fully saturated rings. The van der Waals surface area contributed by atoms with Crippen molar-refractivity contribution < 1.29 is 4.74 Å². The molecule has 3 heteroatoms. The van der Waals surface area contributed by atoms with Gasteiger partial charge in [-0.15, -0.1) is 0 Å². The largest absolute Gasteiger partial charge is 0.497 e. The van der Waals surface area contributed by atoms with Gasteiger partial charge in [-0.05, 0) is 42.0 Å². The summed E-state index contributed by atoms with van der Waals surface area (Å²) in [5.74, 6) is 2.50. The summed E-state index contributed by atoms with van der Waals surface area (Å²) in [6.45, 7) is 4.19. The van der Waals surface area contributed by atoms with E-state index in [0.29, 0.717) is 5.92 Å². The van der Waals surface area contributed by atoms with Gasteiger partial charge in [0.15, 0.2) is 0 Å². The van der Waals surface area contributed by atoms with Crippen molar-refractivity contribution in [1.29, 1.82) is 0 Å². The lowest BCUT2D eigenvalue weighted by Gasteiger charge is -2.27. The molecule has 1 aromatic carbocycles. The number of hydrogen-bond donors (Lipinski definition) is 1. The zero-order chi connectivity index (χ0) is 12.5. The highest BCUT2D eigenvalue weighted by Gasteiger charge is 2.37. The first-order chi connectivity index (χ1) is 8.81. The lowest BCUT2D eigenvalue weighted by atomic mass is 9.77. The van der Waals surface area contributed by atoms with Crippen LogP contribution < -0.4 is 10.5 Å². The minimum Gasteiger partial charge on any atom is -0.497 e. The van der Waals surface area contributed by atoms with Crippen LogP contribution in [0.5, 0.6) is 5.75 Å². The molecule has 3 rings (SSSR count). The van der Waals surface area contributed by atoms with Crippen molar-refractivity contribution >= 4 is 0 Å². The number of aryl methyl sites for hydroxylation is 1. The molecule has 0 aromatic heterocycles. The molecule has 1 aliphatic carbocycles. The third kappa shape index (κ3) is 2.02.